The van der Waals surface area contributed by atoms with Gasteiger partial charge in [0.15, 0.2) is 6.10 Å². The van der Waals surface area contributed by atoms with Crippen LogP contribution in [-0.2, 0) is 9.47 Å². The Hall–Kier alpha value is -2.00. The van der Waals surface area contributed by atoms with E-state index in [1.54, 1.807) is 0 Å². The minimum absolute atomic E-state index is 0.0220. The number of rotatable bonds is 5. The number of hydrogen-bond acceptors (Lipinski definition) is 6. The monoisotopic (exact) mass is 345 g/mol. The number of aliphatic hydroxyl groups is 1. The Labute approximate surface area is 137 Å². The molecule has 1 saturated heterocycles. The number of ether oxygens (including phenoxy) is 2. The summed E-state index contributed by atoms with van der Waals surface area (Å²) in [5.41, 5.74) is 4.35. The molecule has 1 aliphatic rings. The lowest BCUT2D eigenvalue weighted by molar-refractivity contribution is -0.141. The second-order valence-electron chi connectivity index (χ2n) is 6.06. The van der Waals surface area contributed by atoms with Crippen molar-refractivity contribution in [2.75, 3.05) is 5.73 Å². The summed E-state index contributed by atoms with van der Waals surface area (Å²) >= 11 is 0. The van der Waals surface area contributed by atoms with Crippen molar-refractivity contribution in [2.45, 2.75) is 51.2 Å². The largest absolute Gasteiger partial charge is 0.493 e. The normalized spacial score (nSPS) is 27.2. The summed E-state index contributed by atoms with van der Waals surface area (Å²) < 4.78 is 40.1. The molecule has 0 saturated carbocycles. The molecule has 0 aromatic carbocycles. The molecule has 0 bridgehead atoms. The van der Waals surface area contributed by atoms with E-state index in [1.165, 1.54) is 13.0 Å². The number of nitrogens with two attached hydrogens (primary N) is 1. The Bertz CT molecular complexity index is 677. The summed E-state index contributed by atoms with van der Waals surface area (Å²) in [5, 5.41) is 9.97. The van der Waals surface area contributed by atoms with Crippen LogP contribution in [-0.4, -0.2) is 38.9 Å². The van der Waals surface area contributed by atoms with Gasteiger partial charge in [0.1, 0.15) is 18.0 Å². The van der Waals surface area contributed by atoms with Gasteiger partial charge in [-0.3, -0.25) is 4.57 Å². The minimum atomic E-state index is -3.71. The number of hydrogen-bond donors (Lipinski definition) is 2. The van der Waals surface area contributed by atoms with Gasteiger partial charge in [0.2, 0.25) is 6.23 Å². The average Bonchev–Trinajstić information content (AvgIpc) is 2.70. The predicted octanol–water partition coefficient (Wildman–Crippen LogP) is 1.29. The van der Waals surface area contributed by atoms with E-state index < -0.39 is 36.2 Å². The van der Waals surface area contributed by atoms with Gasteiger partial charge in [-0.1, -0.05) is 20.4 Å². The number of aromatic nitrogens is 2. The van der Waals surface area contributed by atoms with E-state index in [4.69, 9.17) is 15.2 Å². The molecule has 1 fully saturated rings. The number of allylic oxidation sites excluding steroid dienone is 1. The first-order chi connectivity index (χ1) is 11.1. The number of nitrogen functional groups attached to an aromatic ring is 1. The Morgan fingerprint density at radius 2 is 2.17 bits per heavy atom. The van der Waals surface area contributed by atoms with E-state index in [0.717, 1.165) is 6.20 Å². The third kappa shape index (κ3) is 3.27. The van der Waals surface area contributed by atoms with Crippen molar-refractivity contribution in [1.29, 1.82) is 0 Å². The summed E-state index contributed by atoms with van der Waals surface area (Å²) in [6.45, 7) is 8.85. The first-order valence-electron chi connectivity index (χ1n) is 7.47. The Kier molecular flexibility index (Phi) is 4.95. The molecule has 1 aromatic heterocycles. The molecule has 2 heterocycles. The summed E-state index contributed by atoms with van der Waals surface area (Å²) in [4.78, 5) is 15.2. The zero-order chi connectivity index (χ0) is 18.2. The smallest absolute Gasteiger partial charge is 0.351 e. The van der Waals surface area contributed by atoms with Crippen LogP contribution in [0.4, 0.5) is 14.6 Å². The number of anilines is 1. The van der Waals surface area contributed by atoms with Gasteiger partial charge in [-0.15, -0.1) is 0 Å². The zero-order valence-corrected chi connectivity index (χ0v) is 13.6. The van der Waals surface area contributed by atoms with Gasteiger partial charge in [0, 0.05) is 12.1 Å². The second kappa shape index (κ2) is 6.48. The van der Waals surface area contributed by atoms with Crippen LogP contribution in [0.2, 0.25) is 0 Å². The quantitative estimate of drug-likeness (QED) is 0.780. The molecule has 0 radical (unpaired) electrons. The highest BCUT2D eigenvalue weighted by atomic mass is 19.3. The van der Waals surface area contributed by atoms with Crippen LogP contribution >= 0.6 is 0 Å². The molecule has 4 atom stereocenters. The summed E-state index contributed by atoms with van der Waals surface area (Å²) in [6.07, 6.45) is -5.33. The molecule has 0 spiro atoms. The lowest BCUT2D eigenvalue weighted by Crippen LogP contribution is -2.43. The van der Waals surface area contributed by atoms with Crippen molar-refractivity contribution in [3.05, 3.63) is 35.1 Å². The Balaban J connectivity index is 2.27. The van der Waals surface area contributed by atoms with E-state index in [0.29, 0.717) is 10.3 Å². The van der Waals surface area contributed by atoms with Crippen molar-refractivity contribution >= 4 is 5.82 Å². The van der Waals surface area contributed by atoms with E-state index in [2.05, 4.69) is 11.6 Å². The summed E-state index contributed by atoms with van der Waals surface area (Å²) in [5.74, 6) is -3.44. The Morgan fingerprint density at radius 3 is 2.71 bits per heavy atom. The molecule has 7 nitrogen and oxygen atoms in total. The maximum absolute atomic E-state index is 14.4. The van der Waals surface area contributed by atoms with Gasteiger partial charge in [-0.2, -0.15) is 13.8 Å². The fourth-order valence-electron chi connectivity index (χ4n) is 2.34. The minimum Gasteiger partial charge on any atom is -0.493 e. The molecule has 0 aliphatic carbocycles. The van der Waals surface area contributed by atoms with Gasteiger partial charge in [-0.05, 0) is 13.0 Å². The van der Waals surface area contributed by atoms with Crippen LogP contribution in [0.3, 0.4) is 0 Å². The van der Waals surface area contributed by atoms with Crippen LogP contribution in [0.25, 0.3) is 0 Å². The maximum Gasteiger partial charge on any atom is 0.351 e. The van der Waals surface area contributed by atoms with Crippen LogP contribution in [0.15, 0.2) is 29.4 Å². The molecule has 0 amide bonds. The highest BCUT2D eigenvalue weighted by molar-refractivity contribution is 5.23. The van der Waals surface area contributed by atoms with Crippen LogP contribution < -0.4 is 11.4 Å². The number of nitrogens with zero attached hydrogens (tertiary/aromatic N) is 2. The van der Waals surface area contributed by atoms with Crippen molar-refractivity contribution in [2.24, 2.45) is 5.92 Å². The van der Waals surface area contributed by atoms with Gasteiger partial charge < -0.3 is 20.3 Å². The predicted molar refractivity (Wildman–Crippen MR) is 82.3 cm³/mol. The van der Waals surface area contributed by atoms with Crippen molar-refractivity contribution in [3.63, 3.8) is 0 Å². The van der Waals surface area contributed by atoms with E-state index >= 15 is 0 Å². The van der Waals surface area contributed by atoms with Gasteiger partial charge >= 0.3 is 11.6 Å². The fraction of sp³-hybridized carbons (Fsp3) is 0.600. The molecule has 24 heavy (non-hydrogen) atoms. The standard InChI is InChI=1S/C15H21F2N3O4/c1-7(2)8(3)23-9(4)11-12(21)15(16,17)13(24-11)20-6-5-10(18)19-14(20)22/h5-7,9,11-13,21H,3H2,1-2,4H3,(H2,18,19,22)/t9-,11?,12+,13+/m0/s1. The van der Waals surface area contributed by atoms with Crippen molar-refractivity contribution in [3.8, 4) is 0 Å². The lowest BCUT2D eigenvalue weighted by Gasteiger charge is -2.25. The van der Waals surface area contributed by atoms with Crippen molar-refractivity contribution in [1.82, 2.24) is 9.55 Å². The third-order valence-electron chi connectivity index (χ3n) is 3.87. The fourth-order valence-corrected chi connectivity index (χ4v) is 2.34. The molecule has 1 aliphatic heterocycles. The average molecular weight is 345 g/mol. The zero-order valence-electron chi connectivity index (χ0n) is 13.6. The Morgan fingerprint density at radius 1 is 1.54 bits per heavy atom. The topological polar surface area (TPSA) is 99.6 Å². The molecule has 1 unspecified atom stereocenters. The molecule has 9 heteroatoms. The van der Waals surface area contributed by atoms with Crippen LogP contribution in [0.1, 0.15) is 27.0 Å². The molecular weight excluding hydrogens is 324 g/mol. The van der Waals surface area contributed by atoms with Crippen molar-refractivity contribution < 1.29 is 23.4 Å². The SMILES string of the molecule is C=C(O[C@@H](C)C1O[C@@H](n2ccc(N)nc2=O)C(F)(F)[C@@H]1O)C(C)C. The summed E-state index contributed by atoms with van der Waals surface area (Å²) in [7, 11) is 0. The molecule has 3 N–H and O–H groups in total. The highest BCUT2D eigenvalue weighted by Gasteiger charge is 2.61. The van der Waals surface area contributed by atoms with Gasteiger partial charge in [0.25, 0.3) is 0 Å². The molecule has 134 valence electrons. The van der Waals surface area contributed by atoms with E-state index in [-0.39, 0.29) is 11.7 Å². The van der Waals surface area contributed by atoms with E-state index in [1.807, 2.05) is 13.8 Å². The first-order valence-corrected chi connectivity index (χ1v) is 7.47. The molecule has 2 rings (SSSR count). The van der Waals surface area contributed by atoms with Crippen LogP contribution in [0, 0.1) is 5.92 Å². The lowest BCUT2D eigenvalue weighted by atomic mass is 10.1. The molecule has 1 aromatic rings. The number of halogens is 2. The number of alkyl halides is 2. The number of aliphatic hydroxyl groups excluding tert-OH is 1. The van der Waals surface area contributed by atoms with Crippen LogP contribution in [0.5, 0.6) is 0 Å². The summed E-state index contributed by atoms with van der Waals surface area (Å²) in [6, 6.07) is 1.20. The maximum atomic E-state index is 14.4. The molecular formula is C15H21F2N3O4. The van der Waals surface area contributed by atoms with Gasteiger partial charge in [-0.25, -0.2) is 4.79 Å². The second-order valence-corrected chi connectivity index (χ2v) is 6.06. The first kappa shape index (κ1) is 18.3. The third-order valence-corrected chi connectivity index (χ3v) is 3.87. The van der Waals surface area contributed by atoms with Gasteiger partial charge in [0.05, 0.1) is 5.76 Å². The highest BCUT2D eigenvalue weighted by Crippen LogP contribution is 2.43. The van der Waals surface area contributed by atoms with E-state index in [9.17, 15) is 18.7 Å².